The molecule has 0 bridgehead atoms. The van der Waals surface area contributed by atoms with Crippen LogP contribution in [0, 0.1) is 5.92 Å². The molecule has 0 rings (SSSR count). The average Bonchev–Trinajstić information content (AvgIpc) is 2.65. The van der Waals surface area contributed by atoms with Gasteiger partial charge < -0.3 is 32.5 Å². The Hall–Kier alpha value is -2.34. The fourth-order valence-electron chi connectivity index (χ4n) is 2.47. The van der Waals surface area contributed by atoms with Gasteiger partial charge in [0, 0.05) is 6.42 Å². The minimum Gasteiger partial charge on any atom is -0.480 e. The lowest BCUT2D eigenvalue weighted by atomic mass is 10.0. The number of hydrogen-bond acceptors (Lipinski definition) is 7. The van der Waals surface area contributed by atoms with Gasteiger partial charge in [-0.25, -0.2) is 0 Å². The smallest absolute Gasteiger partial charge is 0.322 e. The standard InChI is InChI=1S/C18H33N5O6S/c1-10(2)8-13(23-16(27)11(19)4-5-14(20)24)18(29)22-12(6-7-30-3)17(28)21-9-15(25)26/h10-13H,4-9,19H2,1-3H3,(H2,20,24)(H,21,28)(H,22,29)(H,23,27)(H,25,26). The van der Waals surface area contributed by atoms with E-state index in [2.05, 4.69) is 16.0 Å². The van der Waals surface area contributed by atoms with Crippen molar-refractivity contribution in [2.45, 2.75) is 57.7 Å². The van der Waals surface area contributed by atoms with Gasteiger partial charge in [-0.1, -0.05) is 13.8 Å². The number of carbonyl (C=O) groups excluding carboxylic acids is 4. The van der Waals surface area contributed by atoms with Gasteiger partial charge >= 0.3 is 5.97 Å². The number of carboxylic acids is 1. The van der Waals surface area contributed by atoms with E-state index in [9.17, 15) is 24.0 Å². The second-order valence-electron chi connectivity index (χ2n) is 7.26. The fourth-order valence-corrected chi connectivity index (χ4v) is 2.94. The Labute approximate surface area is 180 Å². The molecule has 8 N–H and O–H groups in total. The van der Waals surface area contributed by atoms with Crippen LogP contribution in [0.3, 0.4) is 0 Å². The van der Waals surface area contributed by atoms with E-state index in [-0.39, 0.29) is 18.8 Å². The first-order chi connectivity index (χ1) is 14.0. The van der Waals surface area contributed by atoms with Gasteiger partial charge in [-0.05, 0) is 37.2 Å². The third-order valence-electron chi connectivity index (χ3n) is 4.04. The number of carbonyl (C=O) groups is 5. The maximum absolute atomic E-state index is 12.8. The highest BCUT2D eigenvalue weighted by Gasteiger charge is 2.28. The molecule has 3 atom stereocenters. The molecule has 0 aliphatic carbocycles. The molecule has 172 valence electrons. The van der Waals surface area contributed by atoms with Crippen LogP contribution in [0.25, 0.3) is 0 Å². The van der Waals surface area contributed by atoms with Gasteiger partial charge in [-0.3, -0.25) is 24.0 Å². The number of carboxylic acid groups (broad SMARTS) is 1. The van der Waals surface area contributed by atoms with Crippen LogP contribution in [-0.4, -0.2) is 71.4 Å². The number of primary amides is 1. The first-order valence-corrected chi connectivity index (χ1v) is 11.0. The number of aliphatic carboxylic acids is 1. The third kappa shape index (κ3) is 12.3. The topological polar surface area (TPSA) is 194 Å². The molecule has 0 saturated carbocycles. The number of thioether (sulfide) groups is 1. The largest absolute Gasteiger partial charge is 0.480 e. The van der Waals surface area contributed by atoms with Crippen molar-refractivity contribution < 1.29 is 29.1 Å². The summed E-state index contributed by atoms with van der Waals surface area (Å²) in [6.07, 6.45) is 2.41. The maximum Gasteiger partial charge on any atom is 0.322 e. The zero-order valence-corrected chi connectivity index (χ0v) is 18.4. The van der Waals surface area contributed by atoms with Gasteiger partial charge in [-0.15, -0.1) is 0 Å². The highest BCUT2D eigenvalue weighted by Crippen LogP contribution is 2.08. The quantitative estimate of drug-likeness (QED) is 0.175. The zero-order valence-electron chi connectivity index (χ0n) is 17.6. The monoisotopic (exact) mass is 447 g/mol. The van der Waals surface area contributed by atoms with Gasteiger partial charge in [0.15, 0.2) is 0 Å². The lowest BCUT2D eigenvalue weighted by Crippen LogP contribution is -2.56. The predicted molar refractivity (Wildman–Crippen MR) is 113 cm³/mol. The van der Waals surface area contributed by atoms with E-state index in [1.165, 1.54) is 11.8 Å². The maximum atomic E-state index is 12.8. The molecule has 4 amide bonds. The Morgan fingerprint density at radius 2 is 1.57 bits per heavy atom. The Bertz CT molecular complexity index is 616. The molecule has 0 heterocycles. The molecular formula is C18H33N5O6S. The molecule has 0 aromatic heterocycles. The minimum atomic E-state index is -1.20. The zero-order chi connectivity index (χ0) is 23.3. The molecule has 0 aromatic carbocycles. The van der Waals surface area contributed by atoms with Gasteiger partial charge in [0.25, 0.3) is 0 Å². The molecule has 30 heavy (non-hydrogen) atoms. The summed E-state index contributed by atoms with van der Waals surface area (Å²) in [6.45, 7) is 3.17. The summed E-state index contributed by atoms with van der Waals surface area (Å²) in [6, 6.07) is -2.90. The van der Waals surface area contributed by atoms with Crippen molar-refractivity contribution in [1.82, 2.24) is 16.0 Å². The Morgan fingerprint density at radius 3 is 2.07 bits per heavy atom. The van der Waals surface area contributed by atoms with Crippen molar-refractivity contribution in [3.8, 4) is 0 Å². The van der Waals surface area contributed by atoms with Crippen LogP contribution in [0.4, 0.5) is 0 Å². The number of rotatable bonds is 15. The van der Waals surface area contributed by atoms with Crippen LogP contribution in [0.5, 0.6) is 0 Å². The van der Waals surface area contributed by atoms with Crippen LogP contribution in [0.15, 0.2) is 0 Å². The second-order valence-corrected chi connectivity index (χ2v) is 8.24. The number of nitrogens with two attached hydrogens (primary N) is 2. The summed E-state index contributed by atoms with van der Waals surface area (Å²) in [5, 5.41) is 16.1. The normalized spacial score (nSPS) is 13.8. The molecule has 3 unspecified atom stereocenters. The van der Waals surface area contributed by atoms with Crippen LogP contribution in [0.1, 0.15) is 39.5 Å². The summed E-state index contributed by atoms with van der Waals surface area (Å²) < 4.78 is 0. The van der Waals surface area contributed by atoms with Crippen molar-refractivity contribution in [3.05, 3.63) is 0 Å². The number of nitrogens with one attached hydrogen (secondary N) is 3. The molecule has 0 aliphatic heterocycles. The van der Waals surface area contributed by atoms with Crippen LogP contribution >= 0.6 is 11.8 Å². The van der Waals surface area contributed by atoms with Crippen LogP contribution < -0.4 is 27.4 Å². The molecule has 11 nitrogen and oxygen atoms in total. The van der Waals surface area contributed by atoms with E-state index < -0.39 is 54.3 Å². The third-order valence-corrected chi connectivity index (χ3v) is 4.68. The molecule has 0 aromatic rings. The molecule has 0 fully saturated rings. The summed E-state index contributed by atoms with van der Waals surface area (Å²) in [7, 11) is 0. The summed E-state index contributed by atoms with van der Waals surface area (Å²) in [5.41, 5.74) is 10.8. The number of amides is 4. The first-order valence-electron chi connectivity index (χ1n) is 9.60. The first kappa shape index (κ1) is 27.7. The Morgan fingerprint density at radius 1 is 0.967 bits per heavy atom. The number of hydrogen-bond donors (Lipinski definition) is 6. The van der Waals surface area contributed by atoms with Crippen molar-refractivity contribution in [3.63, 3.8) is 0 Å². The molecule has 12 heteroatoms. The summed E-state index contributed by atoms with van der Waals surface area (Å²) in [5.74, 6) is -2.97. The van der Waals surface area contributed by atoms with E-state index in [1.54, 1.807) is 0 Å². The van der Waals surface area contributed by atoms with Gasteiger partial charge in [0.2, 0.25) is 23.6 Å². The summed E-state index contributed by atoms with van der Waals surface area (Å²) in [4.78, 5) is 58.9. The van der Waals surface area contributed by atoms with Gasteiger partial charge in [-0.2, -0.15) is 11.8 Å². The lowest BCUT2D eigenvalue weighted by molar-refractivity contribution is -0.138. The average molecular weight is 448 g/mol. The Balaban J connectivity index is 5.16. The van der Waals surface area contributed by atoms with Crippen molar-refractivity contribution in [2.75, 3.05) is 18.6 Å². The molecular weight excluding hydrogens is 414 g/mol. The van der Waals surface area contributed by atoms with E-state index in [0.29, 0.717) is 18.6 Å². The SMILES string of the molecule is CSCCC(NC(=O)C(CC(C)C)NC(=O)C(N)CCC(N)=O)C(=O)NCC(=O)O. The summed E-state index contributed by atoms with van der Waals surface area (Å²) >= 11 is 1.47. The second kappa shape index (κ2) is 14.6. The minimum absolute atomic E-state index is 0.0468. The van der Waals surface area contributed by atoms with Crippen LogP contribution in [-0.2, 0) is 24.0 Å². The van der Waals surface area contributed by atoms with E-state index in [4.69, 9.17) is 16.6 Å². The van der Waals surface area contributed by atoms with E-state index in [1.807, 2.05) is 20.1 Å². The Kier molecular flexibility index (Phi) is 13.5. The van der Waals surface area contributed by atoms with E-state index in [0.717, 1.165) is 0 Å². The van der Waals surface area contributed by atoms with Gasteiger partial charge in [0.05, 0.1) is 6.04 Å². The van der Waals surface area contributed by atoms with Crippen molar-refractivity contribution in [2.24, 2.45) is 17.4 Å². The molecule has 0 aliphatic rings. The molecule has 0 saturated heterocycles. The predicted octanol–water partition coefficient (Wildman–Crippen LogP) is -1.45. The molecule has 0 radical (unpaired) electrons. The lowest BCUT2D eigenvalue weighted by Gasteiger charge is -2.25. The van der Waals surface area contributed by atoms with E-state index >= 15 is 0 Å². The van der Waals surface area contributed by atoms with Crippen molar-refractivity contribution in [1.29, 1.82) is 0 Å². The highest BCUT2D eigenvalue weighted by atomic mass is 32.2. The highest BCUT2D eigenvalue weighted by molar-refractivity contribution is 7.98. The van der Waals surface area contributed by atoms with Gasteiger partial charge in [0.1, 0.15) is 18.6 Å². The van der Waals surface area contributed by atoms with Crippen molar-refractivity contribution >= 4 is 41.4 Å². The van der Waals surface area contributed by atoms with Crippen LogP contribution in [0.2, 0.25) is 0 Å². The molecule has 0 spiro atoms. The fraction of sp³-hybridized carbons (Fsp3) is 0.722.